The first-order valence-electron chi connectivity index (χ1n) is 5.05. The predicted molar refractivity (Wildman–Crippen MR) is 61.3 cm³/mol. The van der Waals surface area contributed by atoms with Crippen LogP contribution in [0.15, 0.2) is 0 Å². The topological polar surface area (TPSA) is 50.2 Å². The number of aromatic nitrogens is 1. The van der Waals surface area contributed by atoms with Gasteiger partial charge in [-0.05, 0) is 33.6 Å². The second-order valence-corrected chi connectivity index (χ2v) is 5.50. The molecule has 1 aromatic heterocycles. The molecule has 3 nitrogen and oxygen atoms in total. The summed E-state index contributed by atoms with van der Waals surface area (Å²) in [6.45, 7) is 7.51. The number of hydrogen-bond acceptors (Lipinski definition) is 3. The Morgan fingerprint density at radius 3 is 2.53 bits per heavy atom. The van der Waals surface area contributed by atoms with Crippen LogP contribution >= 0.6 is 11.3 Å². The molecule has 0 aliphatic carbocycles. The Balaban J connectivity index is 2.89. The van der Waals surface area contributed by atoms with Gasteiger partial charge in [0.2, 0.25) is 0 Å². The molecule has 0 aliphatic heterocycles. The molecule has 15 heavy (non-hydrogen) atoms. The van der Waals surface area contributed by atoms with Crippen molar-refractivity contribution in [1.82, 2.24) is 4.98 Å². The van der Waals surface area contributed by atoms with Gasteiger partial charge in [0.25, 0.3) is 0 Å². The number of carbonyl (C=O) groups is 1. The molecule has 0 aromatic carbocycles. The fraction of sp³-hybridized carbons (Fsp3) is 0.636. The third-order valence-electron chi connectivity index (χ3n) is 2.42. The number of carboxylic acid groups (broad SMARTS) is 1. The van der Waals surface area contributed by atoms with Crippen LogP contribution in [-0.2, 0) is 17.6 Å². The van der Waals surface area contributed by atoms with Crippen molar-refractivity contribution in [2.24, 2.45) is 5.41 Å². The number of rotatable bonds is 4. The van der Waals surface area contributed by atoms with Crippen molar-refractivity contribution in [2.45, 2.75) is 40.5 Å². The number of aliphatic carboxylic acids is 1. The standard InChI is InChI=1S/C11H17NO2S/c1-5-9-12-7(2)8(15-9)6-11(3,4)10(13)14/h5-6H2,1-4H3,(H,13,14). The highest BCUT2D eigenvalue weighted by molar-refractivity contribution is 7.11. The summed E-state index contributed by atoms with van der Waals surface area (Å²) in [6.07, 6.45) is 1.48. The van der Waals surface area contributed by atoms with Crippen LogP contribution in [0.1, 0.15) is 36.3 Å². The highest BCUT2D eigenvalue weighted by atomic mass is 32.1. The maximum Gasteiger partial charge on any atom is 0.309 e. The van der Waals surface area contributed by atoms with Gasteiger partial charge in [0.05, 0.1) is 16.1 Å². The van der Waals surface area contributed by atoms with Crippen molar-refractivity contribution in [3.63, 3.8) is 0 Å². The Labute approximate surface area is 94.2 Å². The number of hydrogen-bond donors (Lipinski definition) is 1. The second kappa shape index (κ2) is 4.31. The van der Waals surface area contributed by atoms with Gasteiger partial charge in [-0.1, -0.05) is 6.92 Å². The first-order chi connectivity index (χ1) is 6.86. The van der Waals surface area contributed by atoms with E-state index in [4.69, 9.17) is 5.11 Å². The molecule has 0 radical (unpaired) electrons. The fourth-order valence-electron chi connectivity index (χ4n) is 1.28. The molecule has 0 saturated carbocycles. The van der Waals surface area contributed by atoms with Gasteiger partial charge in [0.1, 0.15) is 0 Å². The van der Waals surface area contributed by atoms with Crippen LogP contribution in [0.2, 0.25) is 0 Å². The normalized spacial score (nSPS) is 11.7. The zero-order chi connectivity index (χ0) is 11.6. The molecule has 0 fully saturated rings. The highest BCUT2D eigenvalue weighted by Gasteiger charge is 2.29. The molecule has 1 heterocycles. The predicted octanol–water partition coefficient (Wildman–Crippen LogP) is 2.67. The summed E-state index contributed by atoms with van der Waals surface area (Å²) < 4.78 is 0. The van der Waals surface area contributed by atoms with E-state index in [0.717, 1.165) is 22.0 Å². The van der Waals surface area contributed by atoms with E-state index in [0.29, 0.717) is 6.42 Å². The molecular weight excluding hydrogens is 210 g/mol. The Morgan fingerprint density at radius 2 is 2.13 bits per heavy atom. The quantitative estimate of drug-likeness (QED) is 0.860. The summed E-state index contributed by atoms with van der Waals surface area (Å²) in [5, 5.41) is 10.1. The maximum absolute atomic E-state index is 11.0. The zero-order valence-corrected chi connectivity index (χ0v) is 10.4. The summed E-state index contributed by atoms with van der Waals surface area (Å²) in [6, 6.07) is 0. The Morgan fingerprint density at radius 1 is 1.53 bits per heavy atom. The van der Waals surface area contributed by atoms with E-state index >= 15 is 0 Å². The van der Waals surface area contributed by atoms with E-state index in [1.807, 2.05) is 6.92 Å². The molecule has 0 atom stereocenters. The fourth-order valence-corrected chi connectivity index (χ4v) is 2.52. The lowest BCUT2D eigenvalue weighted by molar-refractivity contribution is -0.146. The van der Waals surface area contributed by atoms with Crippen molar-refractivity contribution in [3.05, 3.63) is 15.6 Å². The van der Waals surface area contributed by atoms with Crippen molar-refractivity contribution in [2.75, 3.05) is 0 Å². The molecule has 0 spiro atoms. The van der Waals surface area contributed by atoms with Crippen LogP contribution in [0, 0.1) is 12.3 Å². The Kier molecular flexibility index (Phi) is 3.50. The van der Waals surface area contributed by atoms with E-state index in [-0.39, 0.29) is 0 Å². The first-order valence-corrected chi connectivity index (χ1v) is 5.87. The van der Waals surface area contributed by atoms with E-state index in [1.54, 1.807) is 25.2 Å². The van der Waals surface area contributed by atoms with E-state index in [1.165, 1.54) is 0 Å². The molecule has 4 heteroatoms. The van der Waals surface area contributed by atoms with E-state index in [2.05, 4.69) is 11.9 Å². The number of nitrogens with zero attached hydrogens (tertiary/aromatic N) is 1. The molecule has 84 valence electrons. The van der Waals surface area contributed by atoms with Gasteiger partial charge >= 0.3 is 5.97 Å². The summed E-state index contributed by atoms with van der Waals surface area (Å²) in [7, 11) is 0. The van der Waals surface area contributed by atoms with Gasteiger partial charge in [-0.2, -0.15) is 0 Å². The Bertz CT molecular complexity index is 369. The lowest BCUT2D eigenvalue weighted by Crippen LogP contribution is -2.26. The molecule has 1 rings (SSSR count). The second-order valence-electron chi connectivity index (χ2n) is 4.34. The summed E-state index contributed by atoms with van der Waals surface area (Å²) >= 11 is 1.63. The van der Waals surface area contributed by atoms with Crippen molar-refractivity contribution in [1.29, 1.82) is 0 Å². The molecule has 0 unspecified atom stereocenters. The van der Waals surface area contributed by atoms with Crippen LogP contribution in [0.3, 0.4) is 0 Å². The van der Waals surface area contributed by atoms with Crippen molar-refractivity contribution < 1.29 is 9.90 Å². The van der Waals surface area contributed by atoms with E-state index in [9.17, 15) is 4.79 Å². The van der Waals surface area contributed by atoms with Gasteiger partial charge in [-0.25, -0.2) is 4.98 Å². The minimum atomic E-state index is -0.756. The maximum atomic E-state index is 11.0. The number of aryl methyl sites for hydroxylation is 2. The molecule has 1 aromatic rings. The lowest BCUT2D eigenvalue weighted by atomic mass is 9.88. The molecular formula is C11H17NO2S. The zero-order valence-electron chi connectivity index (χ0n) is 9.63. The first kappa shape index (κ1) is 12.2. The summed E-state index contributed by atoms with van der Waals surface area (Å²) in [5.74, 6) is -0.756. The third-order valence-corrected chi connectivity index (χ3v) is 3.72. The summed E-state index contributed by atoms with van der Waals surface area (Å²) in [5.41, 5.74) is 0.272. The number of thiazole rings is 1. The summed E-state index contributed by atoms with van der Waals surface area (Å²) in [4.78, 5) is 16.5. The smallest absolute Gasteiger partial charge is 0.309 e. The minimum Gasteiger partial charge on any atom is -0.481 e. The minimum absolute atomic E-state index is 0.561. The van der Waals surface area contributed by atoms with E-state index < -0.39 is 11.4 Å². The van der Waals surface area contributed by atoms with Crippen LogP contribution in [0.4, 0.5) is 0 Å². The van der Waals surface area contributed by atoms with Crippen LogP contribution in [0.5, 0.6) is 0 Å². The van der Waals surface area contributed by atoms with Gasteiger partial charge in [0.15, 0.2) is 0 Å². The monoisotopic (exact) mass is 227 g/mol. The number of carboxylic acids is 1. The molecule has 0 bridgehead atoms. The van der Waals surface area contributed by atoms with Gasteiger partial charge in [-0.15, -0.1) is 11.3 Å². The Hall–Kier alpha value is -0.900. The average Bonchev–Trinajstić information content (AvgIpc) is 2.46. The van der Waals surface area contributed by atoms with Gasteiger partial charge in [0, 0.05) is 4.88 Å². The molecule has 0 amide bonds. The van der Waals surface area contributed by atoms with Gasteiger partial charge < -0.3 is 5.11 Å². The third kappa shape index (κ3) is 2.78. The highest BCUT2D eigenvalue weighted by Crippen LogP contribution is 2.28. The largest absolute Gasteiger partial charge is 0.481 e. The van der Waals surface area contributed by atoms with Crippen molar-refractivity contribution >= 4 is 17.3 Å². The van der Waals surface area contributed by atoms with Gasteiger partial charge in [-0.3, -0.25) is 4.79 Å². The molecule has 0 saturated heterocycles. The van der Waals surface area contributed by atoms with Crippen molar-refractivity contribution in [3.8, 4) is 0 Å². The van der Waals surface area contributed by atoms with Crippen LogP contribution in [-0.4, -0.2) is 16.1 Å². The SMILES string of the molecule is CCc1nc(C)c(CC(C)(C)C(=O)O)s1. The van der Waals surface area contributed by atoms with Crippen LogP contribution < -0.4 is 0 Å². The average molecular weight is 227 g/mol. The lowest BCUT2D eigenvalue weighted by Gasteiger charge is -2.17. The molecule has 0 aliphatic rings. The van der Waals surface area contributed by atoms with Crippen LogP contribution in [0.25, 0.3) is 0 Å². The molecule has 1 N–H and O–H groups in total.